The van der Waals surface area contributed by atoms with E-state index >= 15 is 0 Å². The van der Waals surface area contributed by atoms with Crippen LogP contribution in [-0.4, -0.2) is 29.4 Å². The van der Waals surface area contributed by atoms with Crippen molar-refractivity contribution in [2.75, 3.05) is 11.4 Å². The first kappa shape index (κ1) is 15.4. The van der Waals surface area contributed by atoms with Crippen molar-refractivity contribution in [1.82, 2.24) is 10.3 Å². The maximum Gasteiger partial charge on any atom is 0.253 e. The average Bonchev–Trinajstić information content (AvgIpc) is 2.92. The maximum absolute atomic E-state index is 13.2. The van der Waals surface area contributed by atoms with Crippen molar-refractivity contribution < 1.29 is 14.0 Å². The van der Waals surface area contributed by atoms with Crippen LogP contribution in [0.2, 0.25) is 5.02 Å². The van der Waals surface area contributed by atoms with Crippen LogP contribution in [0.3, 0.4) is 0 Å². The molecule has 1 aliphatic heterocycles. The number of halogens is 2. The van der Waals surface area contributed by atoms with Gasteiger partial charge >= 0.3 is 0 Å². The van der Waals surface area contributed by atoms with Crippen LogP contribution in [0, 0.1) is 5.82 Å². The van der Waals surface area contributed by atoms with Crippen molar-refractivity contribution in [2.24, 2.45) is 0 Å². The first-order valence-electron chi connectivity index (χ1n) is 7.03. The second kappa shape index (κ2) is 6.34. The second-order valence-electron chi connectivity index (χ2n) is 5.14. The van der Waals surface area contributed by atoms with E-state index in [-0.39, 0.29) is 16.8 Å². The van der Waals surface area contributed by atoms with E-state index in [2.05, 4.69) is 10.3 Å². The van der Waals surface area contributed by atoms with Crippen LogP contribution in [0.1, 0.15) is 16.8 Å². The van der Waals surface area contributed by atoms with Crippen molar-refractivity contribution in [3.05, 3.63) is 59.1 Å². The zero-order chi connectivity index (χ0) is 16.4. The Morgan fingerprint density at radius 2 is 2.22 bits per heavy atom. The molecule has 1 atom stereocenters. The maximum atomic E-state index is 13.2. The Morgan fingerprint density at radius 1 is 1.39 bits per heavy atom. The number of carbonyl (C=O) groups is 2. The fraction of sp³-hybridized carbons (Fsp3) is 0.188. The zero-order valence-electron chi connectivity index (χ0n) is 12.0. The summed E-state index contributed by atoms with van der Waals surface area (Å²) in [7, 11) is 0. The molecule has 118 valence electrons. The van der Waals surface area contributed by atoms with Gasteiger partial charge in [0.15, 0.2) is 0 Å². The summed E-state index contributed by atoms with van der Waals surface area (Å²) in [5, 5.41) is 2.65. The molecule has 23 heavy (non-hydrogen) atoms. The Balaban J connectivity index is 1.71. The smallest absolute Gasteiger partial charge is 0.253 e. The van der Waals surface area contributed by atoms with Gasteiger partial charge in [-0.3, -0.25) is 14.6 Å². The van der Waals surface area contributed by atoms with Gasteiger partial charge in [0.1, 0.15) is 11.9 Å². The number of carbonyl (C=O) groups excluding carboxylic acids is 2. The highest BCUT2D eigenvalue weighted by atomic mass is 35.5. The molecule has 0 spiro atoms. The molecule has 2 amide bonds. The van der Waals surface area contributed by atoms with Crippen molar-refractivity contribution >= 4 is 29.1 Å². The molecule has 1 aromatic carbocycles. The van der Waals surface area contributed by atoms with Crippen molar-refractivity contribution in [2.45, 2.75) is 12.5 Å². The Bertz CT molecular complexity index is 754. The minimum atomic E-state index is -0.619. The predicted octanol–water partition coefficient (Wildman–Crippen LogP) is 2.41. The van der Waals surface area contributed by atoms with Gasteiger partial charge in [0.05, 0.1) is 10.6 Å². The number of rotatable bonds is 3. The lowest BCUT2D eigenvalue weighted by Gasteiger charge is -2.17. The van der Waals surface area contributed by atoms with Gasteiger partial charge in [-0.15, -0.1) is 0 Å². The average molecular weight is 334 g/mol. The lowest BCUT2D eigenvalue weighted by molar-refractivity contribution is -0.118. The lowest BCUT2D eigenvalue weighted by atomic mass is 10.2. The molecule has 5 nitrogen and oxygen atoms in total. The van der Waals surface area contributed by atoms with Gasteiger partial charge < -0.3 is 10.2 Å². The summed E-state index contributed by atoms with van der Waals surface area (Å²) in [6, 6.07) is 6.76. The van der Waals surface area contributed by atoms with Crippen molar-refractivity contribution in [3.63, 3.8) is 0 Å². The van der Waals surface area contributed by atoms with E-state index in [4.69, 9.17) is 11.6 Å². The van der Waals surface area contributed by atoms with E-state index in [9.17, 15) is 14.0 Å². The van der Waals surface area contributed by atoms with E-state index in [1.807, 2.05) is 0 Å². The summed E-state index contributed by atoms with van der Waals surface area (Å²) in [5.74, 6) is -1.14. The summed E-state index contributed by atoms with van der Waals surface area (Å²) < 4.78 is 13.2. The predicted molar refractivity (Wildman–Crippen MR) is 83.9 cm³/mol. The summed E-state index contributed by atoms with van der Waals surface area (Å²) >= 11 is 5.75. The summed E-state index contributed by atoms with van der Waals surface area (Å²) in [6.07, 6.45) is 3.48. The van der Waals surface area contributed by atoms with E-state index in [1.54, 1.807) is 18.3 Å². The SMILES string of the molecule is O=C(NC1CCN(c2ccc(F)c(Cl)c2)C1=O)c1cccnc1. The van der Waals surface area contributed by atoms with Gasteiger partial charge in [-0.2, -0.15) is 0 Å². The summed E-state index contributed by atoms with van der Waals surface area (Å²) in [4.78, 5) is 29.9. The molecule has 1 N–H and O–H groups in total. The number of anilines is 1. The van der Waals surface area contributed by atoms with Crippen LogP contribution >= 0.6 is 11.6 Å². The molecule has 0 bridgehead atoms. The molecule has 2 aromatic rings. The van der Waals surface area contributed by atoms with Crippen LogP contribution in [0.4, 0.5) is 10.1 Å². The number of hydrogen-bond donors (Lipinski definition) is 1. The first-order valence-corrected chi connectivity index (χ1v) is 7.41. The quantitative estimate of drug-likeness (QED) is 0.938. The number of aromatic nitrogens is 1. The molecule has 0 saturated carbocycles. The molecule has 0 radical (unpaired) electrons. The minimum Gasteiger partial charge on any atom is -0.340 e. The van der Waals surface area contributed by atoms with Crippen molar-refractivity contribution in [1.29, 1.82) is 0 Å². The molecule has 1 aliphatic rings. The van der Waals surface area contributed by atoms with E-state index in [1.165, 1.54) is 29.3 Å². The molecular weight excluding hydrogens is 321 g/mol. The van der Waals surface area contributed by atoms with Gasteiger partial charge in [0, 0.05) is 24.6 Å². The molecule has 1 aromatic heterocycles. The molecular formula is C16H13ClFN3O2. The van der Waals surface area contributed by atoms with Crippen LogP contribution in [0.25, 0.3) is 0 Å². The Kier molecular flexibility index (Phi) is 4.25. The zero-order valence-corrected chi connectivity index (χ0v) is 12.8. The Hall–Kier alpha value is -2.47. The summed E-state index contributed by atoms with van der Waals surface area (Å²) in [5.41, 5.74) is 0.906. The third-order valence-corrected chi connectivity index (χ3v) is 3.94. The highest BCUT2D eigenvalue weighted by molar-refractivity contribution is 6.31. The monoisotopic (exact) mass is 333 g/mol. The number of nitrogens with zero attached hydrogens (tertiary/aromatic N) is 2. The third kappa shape index (κ3) is 3.17. The topological polar surface area (TPSA) is 62.3 Å². The highest BCUT2D eigenvalue weighted by Crippen LogP contribution is 2.26. The molecule has 1 fully saturated rings. The highest BCUT2D eigenvalue weighted by Gasteiger charge is 2.34. The van der Waals surface area contributed by atoms with E-state index in [0.29, 0.717) is 24.2 Å². The van der Waals surface area contributed by atoms with Gasteiger partial charge in [0.2, 0.25) is 5.91 Å². The number of pyridine rings is 1. The fourth-order valence-electron chi connectivity index (χ4n) is 2.46. The van der Waals surface area contributed by atoms with Gasteiger partial charge in [-0.05, 0) is 36.8 Å². The Labute approximate surface area is 137 Å². The molecule has 7 heteroatoms. The van der Waals surface area contributed by atoms with Crippen molar-refractivity contribution in [3.8, 4) is 0 Å². The normalized spacial score (nSPS) is 17.4. The van der Waals surface area contributed by atoms with Gasteiger partial charge in [0.25, 0.3) is 5.91 Å². The fourth-order valence-corrected chi connectivity index (χ4v) is 2.64. The number of hydrogen-bond acceptors (Lipinski definition) is 3. The van der Waals surface area contributed by atoms with Gasteiger partial charge in [-0.25, -0.2) is 4.39 Å². The van der Waals surface area contributed by atoms with Crippen LogP contribution in [0.5, 0.6) is 0 Å². The molecule has 1 saturated heterocycles. The van der Waals surface area contributed by atoms with Gasteiger partial charge in [-0.1, -0.05) is 11.6 Å². The van der Waals surface area contributed by atoms with E-state index in [0.717, 1.165) is 0 Å². The largest absolute Gasteiger partial charge is 0.340 e. The minimum absolute atomic E-state index is 0.0434. The standard InChI is InChI=1S/C16H13ClFN3O2/c17-12-8-11(3-4-13(12)18)21-7-5-14(16(21)23)20-15(22)10-2-1-6-19-9-10/h1-4,6,8-9,14H,5,7H2,(H,20,22). The molecule has 1 unspecified atom stereocenters. The van der Waals surface area contributed by atoms with Crippen LogP contribution in [-0.2, 0) is 4.79 Å². The second-order valence-corrected chi connectivity index (χ2v) is 5.55. The lowest BCUT2D eigenvalue weighted by Crippen LogP contribution is -2.41. The molecule has 3 rings (SSSR count). The number of benzene rings is 1. The molecule has 0 aliphatic carbocycles. The van der Waals surface area contributed by atoms with Crippen LogP contribution < -0.4 is 10.2 Å². The Morgan fingerprint density at radius 3 is 2.91 bits per heavy atom. The number of amides is 2. The summed E-state index contributed by atoms with van der Waals surface area (Å²) in [6.45, 7) is 0.429. The van der Waals surface area contributed by atoms with E-state index < -0.39 is 11.9 Å². The molecule has 2 heterocycles. The number of nitrogens with one attached hydrogen (secondary N) is 1. The first-order chi connectivity index (χ1) is 11.1. The third-order valence-electron chi connectivity index (χ3n) is 3.65. The van der Waals surface area contributed by atoms with Crippen LogP contribution in [0.15, 0.2) is 42.7 Å².